The molecule has 1 atom stereocenters. The van der Waals surface area contributed by atoms with Crippen LogP contribution in [0.3, 0.4) is 0 Å². The highest BCUT2D eigenvalue weighted by molar-refractivity contribution is 7.57. The van der Waals surface area contributed by atoms with Crippen LogP contribution in [0.15, 0.2) is 0 Å². The first kappa shape index (κ1) is 9.19. The fourth-order valence-corrected chi connectivity index (χ4v) is 1.69. The molecule has 1 unspecified atom stereocenters. The molecule has 0 spiro atoms. The second-order valence-corrected chi connectivity index (χ2v) is 5.01. The molecule has 0 heterocycles. The van der Waals surface area contributed by atoms with Gasteiger partial charge in [-0.25, -0.2) is 0 Å². The summed E-state index contributed by atoms with van der Waals surface area (Å²) >= 11 is 0. The summed E-state index contributed by atoms with van der Waals surface area (Å²) in [5.41, 5.74) is 0. The topological polar surface area (TPSA) is 37.3 Å². The first-order valence-electron chi connectivity index (χ1n) is 3.43. The molecule has 0 aliphatic heterocycles. The van der Waals surface area contributed by atoms with Crippen LogP contribution in [0.25, 0.3) is 0 Å². The lowest BCUT2D eigenvalue weighted by Crippen LogP contribution is -1.90. The molecule has 0 aromatic heterocycles. The highest BCUT2D eigenvalue weighted by Crippen LogP contribution is 2.40. The summed E-state index contributed by atoms with van der Waals surface area (Å²) in [7, 11) is -2.69. The predicted molar refractivity (Wildman–Crippen MR) is 40.1 cm³/mol. The van der Waals surface area contributed by atoms with Gasteiger partial charge in [-0.1, -0.05) is 20.3 Å². The van der Waals surface area contributed by atoms with E-state index in [4.69, 9.17) is 4.89 Å². The fraction of sp³-hybridized carbons (Fsp3) is 1.00. The van der Waals surface area contributed by atoms with Gasteiger partial charge in [0.25, 0.3) is 0 Å². The third-order valence-electron chi connectivity index (χ3n) is 1.36. The van der Waals surface area contributed by atoms with Gasteiger partial charge >= 0.3 is 0 Å². The summed E-state index contributed by atoms with van der Waals surface area (Å²) in [5.74, 6) is 0. The first-order chi connectivity index (χ1) is 4.12. The second-order valence-electron chi connectivity index (χ2n) is 2.24. The minimum atomic E-state index is -2.69. The van der Waals surface area contributed by atoms with Crippen molar-refractivity contribution in [3.05, 3.63) is 0 Å². The Labute approximate surface area is 56.7 Å². The van der Waals surface area contributed by atoms with Gasteiger partial charge < -0.3 is 4.89 Å². The largest absolute Gasteiger partial charge is 0.344 e. The van der Waals surface area contributed by atoms with Crippen molar-refractivity contribution in [3.63, 3.8) is 0 Å². The van der Waals surface area contributed by atoms with Crippen LogP contribution >= 0.6 is 7.37 Å². The maximum Gasteiger partial charge on any atom is 0.200 e. The second kappa shape index (κ2) is 4.08. The minimum Gasteiger partial charge on any atom is -0.344 e. The molecule has 1 N–H and O–H groups in total. The van der Waals surface area contributed by atoms with Crippen molar-refractivity contribution >= 4 is 7.37 Å². The van der Waals surface area contributed by atoms with E-state index < -0.39 is 7.37 Å². The van der Waals surface area contributed by atoms with Crippen LogP contribution in [0, 0.1) is 0 Å². The molecular formula is C6H15O2P. The van der Waals surface area contributed by atoms with Crippen LogP contribution in [0.2, 0.25) is 0 Å². The van der Waals surface area contributed by atoms with Gasteiger partial charge in [-0.2, -0.15) is 0 Å². The molecule has 0 aliphatic carbocycles. The van der Waals surface area contributed by atoms with Gasteiger partial charge in [0, 0.05) is 12.3 Å². The van der Waals surface area contributed by atoms with Gasteiger partial charge in [-0.05, 0) is 6.42 Å². The zero-order chi connectivity index (χ0) is 7.33. The maximum absolute atomic E-state index is 10.9. The van der Waals surface area contributed by atoms with Crippen molar-refractivity contribution in [2.45, 2.75) is 26.7 Å². The van der Waals surface area contributed by atoms with E-state index in [-0.39, 0.29) is 0 Å². The zero-order valence-corrected chi connectivity index (χ0v) is 7.03. The Hall–Kier alpha value is 0.190. The maximum atomic E-state index is 10.9. The molecule has 0 radical (unpaired) electrons. The lowest BCUT2D eigenvalue weighted by Gasteiger charge is -2.05. The van der Waals surface area contributed by atoms with Gasteiger partial charge in [-0.3, -0.25) is 4.57 Å². The molecule has 0 saturated heterocycles. The molecule has 56 valence electrons. The Balaban J connectivity index is 3.46. The van der Waals surface area contributed by atoms with Gasteiger partial charge in [0.05, 0.1) is 0 Å². The van der Waals surface area contributed by atoms with Gasteiger partial charge in [0.2, 0.25) is 0 Å². The van der Waals surface area contributed by atoms with Crippen LogP contribution < -0.4 is 0 Å². The molecule has 0 fully saturated rings. The zero-order valence-electron chi connectivity index (χ0n) is 6.13. The van der Waals surface area contributed by atoms with Crippen LogP contribution in [-0.2, 0) is 4.57 Å². The predicted octanol–water partition coefficient (Wildman–Crippen LogP) is 2.08. The average Bonchev–Trinajstić information content (AvgIpc) is 1.84. The van der Waals surface area contributed by atoms with Crippen molar-refractivity contribution < 1.29 is 9.46 Å². The lowest BCUT2D eigenvalue weighted by atomic mass is 10.4. The summed E-state index contributed by atoms with van der Waals surface area (Å²) in [4.78, 5) is 9.01. The molecule has 0 rings (SSSR count). The number of hydrogen-bond donors (Lipinski definition) is 1. The van der Waals surface area contributed by atoms with Gasteiger partial charge in [-0.15, -0.1) is 0 Å². The average molecular weight is 150 g/mol. The smallest absolute Gasteiger partial charge is 0.200 e. The Morgan fingerprint density at radius 2 is 2.00 bits per heavy atom. The van der Waals surface area contributed by atoms with Crippen LogP contribution in [0.4, 0.5) is 0 Å². The summed E-state index contributed by atoms with van der Waals surface area (Å²) in [6.45, 7) is 3.78. The summed E-state index contributed by atoms with van der Waals surface area (Å²) in [6.07, 6.45) is 2.80. The summed E-state index contributed by atoms with van der Waals surface area (Å²) in [5, 5.41) is 0. The Kier molecular flexibility index (Phi) is 4.16. The van der Waals surface area contributed by atoms with Crippen molar-refractivity contribution in [2.24, 2.45) is 0 Å². The van der Waals surface area contributed by atoms with Crippen molar-refractivity contribution in [3.8, 4) is 0 Å². The van der Waals surface area contributed by atoms with E-state index in [1.54, 1.807) is 6.92 Å². The van der Waals surface area contributed by atoms with E-state index in [2.05, 4.69) is 0 Å². The number of hydrogen-bond acceptors (Lipinski definition) is 1. The molecule has 0 aliphatic rings. The monoisotopic (exact) mass is 150 g/mol. The molecule has 0 aromatic rings. The molecule has 9 heavy (non-hydrogen) atoms. The molecule has 0 bridgehead atoms. The SMILES string of the molecule is CCCCP(=O)(O)CC. The number of rotatable bonds is 4. The highest BCUT2D eigenvalue weighted by Gasteiger charge is 2.12. The molecule has 3 heteroatoms. The van der Waals surface area contributed by atoms with E-state index in [9.17, 15) is 4.57 Å². The fourth-order valence-electron chi connectivity index (χ4n) is 0.563. The van der Waals surface area contributed by atoms with E-state index in [1.165, 1.54) is 0 Å². The van der Waals surface area contributed by atoms with Crippen LogP contribution in [-0.4, -0.2) is 17.2 Å². The lowest BCUT2D eigenvalue weighted by molar-refractivity contribution is 0.477. The Morgan fingerprint density at radius 1 is 1.44 bits per heavy atom. The Morgan fingerprint density at radius 3 is 2.33 bits per heavy atom. The van der Waals surface area contributed by atoms with Crippen molar-refractivity contribution in [2.75, 3.05) is 12.3 Å². The quantitative estimate of drug-likeness (QED) is 0.623. The van der Waals surface area contributed by atoms with Crippen molar-refractivity contribution in [1.29, 1.82) is 0 Å². The third kappa shape index (κ3) is 4.68. The third-order valence-corrected chi connectivity index (χ3v) is 3.36. The minimum absolute atomic E-state index is 0.424. The van der Waals surface area contributed by atoms with Crippen molar-refractivity contribution in [1.82, 2.24) is 0 Å². The molecule has 0 amide bonds. The standard InChI is InChI=1S/C6H15O2P/c1-3-5-6-9(7,8)4-2/h3-6H2,1-2H3,(H,7,8). The van der Waals surface area contributed by atoms with Crippen LogP contribution in [0.1, 0.15) is 26.7 Å². The van der Waals surface area contributed by atoms with E-state index in [0.717, 1.165) is 12.8 Å². The first-order valence-corrected chi connectivity index (χ1v) is 5.46. The molecule has 2 nitrogen and oxygen atoms in total. The normalized spacial score (nSPS) is 17.2. The molecule has 0 saturated carbocycles. The highest BCUT2D eigenvalue weighted by atomic mass is 31.2. The van der Waals surface area contributed by atoms with E-state index >= 15 is 0 Å². The van der Waals surface area contributed by atoms with Gasteiger partial charge in [0.1, 0.15) is 0 Å². The number of unbranched alkanes of at least 4 members (excludes halogenated alkanes) is 1. The molecular weight excluding hydrogens is 135 g/mol. The summed E-state index contributed by atoms with van der Waals surface area (Å²) in [6, 6.07) is 0. The van der Waals surface area contributed by atoms with Gasteiger partial charge in [0.15, 0.2) is 7.37 Å². The Bertz CT molecular complexity index is 112. The molecule has 0 aromatic carbocycles. The van der Waals surface area contributed by atoms with Crippen LogP contribution in [0.5, 0.6) is 0 Å². The van der Waals surface area contributed by atoms with E-state index in [0.29, 0.717) is 12.3 Å². The summed E-state index contributed by atoms with van der Waals surface area (Å²) < 4.78 is 10.9. The van der Waals surface area contributed by atoms with E-state index in [1.807, 2.05) is 6.92 Å².